The summed E-state index contributed by atoms with van der Waals surface area (Å²) in [6.07, 6.45) is -0.475. The standard InChI is InChI=1S/C13H18N2O3S/c1-9(16)10(2)19-8-12(17)14-15-13(18)11-6-4-3-5-7-11/h3-7,9-10,16H,8H2,1-2H3,(H,14,17)(H,15,18). The van der Waals surface area contributed by atoms with Crippen molar-refractivity contribution in [2.45, 2.75) is 25.2 Å². The second-order valence-electron chi connectivity index (χ2n) is 4.13. The molecule has 1 rings (SSSR count). The van der Waals surface area contributed by atoms with Crippen molar-refractivity contribution in [3.63, 3.8) is 0 Å². The van der Waals surface area contributed by atoms with Gasteiger partial charge in [0.2, 0.25) is 5.91 Å². The van der Waals surface area contributed by atoms with Crippen LogP contribution in [0.3, 0.4) is 0 Å². The Labute approximate surface area is 116 Å². The predicted molar refractivity (Wildman–Crippen MR) is 75.7 cm³/mol. The average molecular weight is 282 g/mol. The second kappa shape index (κ2) is 7.81. The van der Waals surface area contributed by atoms with E-state index in [1.165, 1.54) is 11.8 Å². The molecule has 2 atom stereocenters. The fraction of sp³-hybridized carbons (Fsp3) is 0.385. The Hall–Kier alpha value is -1.53. The maximum absolute atomic E-state index is 11.6. The molecule has 0 aliphatic heterocycles. The third kappa shape index (κ3) is 5.76. The first-order valence-electron chi connectivity index (χ1n) is 5.94. The lowest BCUT2D eigenvalue weighted by molar-refractivity contribution is -0.119. The van der Waals surface area contributed by atoms with E-state index in [1.54, 1.807) is 31.2 Å². The molecule has 104 valence electrons. The molecule has 0 bridgehead atoms. The van der Waals surface area contributed by atoms with E-state index in [9.17, 15) is 14.7 Å². The van der Waals surface area contributed by atoms with Gasteiger partial charge in [0.15, 0.2) is 0 Å². The normalized spacial score (nSPS) is 13.4. The Morgan fingerprint density at radius 2 is 1.84 bits per heavy atom. The molecule has 0 saturated carbocycles. The number of hydrogen-bond donors (Lipinski definition) is 3. The van der Waals surface area contributed by atoms with Crippen LogP contribution in [0, 0.1) is 0 Å². The van der Waals surface area contributed by atoms with Gasteiger partial charge in [0.1, 0.15) is 0 Å². The number of hydrogen-bond acceptors (Lipinski definition) is 4. The number of nitrogens with one attached hydrogen (secondary N) is 2. The van der Waals surface area contributed by atoms with Gasteiger partial charge in [-0.3, -0.25) is 20.4 Å². The minimum absolute atomic E-state index is 0.0319. The molecule has 2 unspecified atom stereocenters. The van der Waals surface area contributed by atoms with Crippen LogP contribution in [-0.2, 0) is 4.79 Å². The molecule has 6 heteroatoms. The first-order chi connectivity index (χ1) is 9.00. The van der Waals surface area contributed by atoms with Crippen molar-refractivity contribution < 1.29 is 14.7 Å². The van der Waals surface area contributed by atoms with Crippen LogP contribution in [0.2, 0.25) is 0 Å². The van der Waals surface area contributed by atoms with Crippen LogP contribution in [0.1, 0.15) is 24.2 Å². The minimum atomic E-state index is -0.475. The van der Waals surface area contributed by atoms with Gasteiger partial charge in [-0.2, -0.15) is 0 Å². The van der Waals surface area contributed by atoms with Crippen molar-refractivity contribution in [2.24, 2.45) is 0 Å². The molecular weight excluding hydrogens is 264 g/mol. The van der Waals surface area contributed by atoms with E-state index in [4.69, 9.17) is 0 Å². The molecule has 3 N–H and O–H groups in total. The van der Waals surface area contributed by atoms with Gasteiger partial charge < -0.3 is 5.11 Å². The molecule has 0 aliphatic carbocycles. The molecule has 5 nitrogen and oxygen atoms in total. The molecule has 2 amide bonds. The van der Waals surface area contributed by atoms with Crippen LogP contribution < -0.4 is 10.9 Å². The highest BCUT2D eigenvalue weighted by Crippen LogP contribution is 2.13. The lowest BCUT2D eigenvalue weighted by Gasteiger charge is -2.13. The maximum Gasteiger partial charge on any atom is 0.269 e. The lowest BCUT2D eigenvalue weighted by Crippen LogP contribution is -2.42. The summed E-state index contributed by atoms with van der Waals surface area (Å²) >= 11 is 1.33. The van der Waals surface area contributed by atoms with Gasteiger partial charge in [-0.25, -0.2) is 0 Å². The molecule has 0 radical (unpaired) electrons. The summed E-state index contributed by atoms with van der Waals surface area (Å²) in [7, 11) is 0. The van der Waals surface area contributed by atoms with Gasteiger partial charge >= 0.3 is 0 Å². The fourth-order valence-electron chi connectivity index (χ4n) is 1.17. The summed E-state index contributed by atoms with van der Waals surface area (Å²) in [6.45, 7) is 3.51. The molecule has 0 saturated heterocycles. The quantitative estimate of drug-likeness (QED) is 0.703. The highest BCUT2D eigenvalue weighted by Gasteiger charge is 2.12. The van der Waals surface area contributed by atoms with Crippen LogP contribution in [0.15, 0.2) is 30.3 Å². The lowest BCUT2D eigenvalue weighted by atomic mass is 10.2. The summed E-state index contributed by atoms with van der Waals surface area (Å²) in [6, 6.07) is 8.62. The monoisotopic (exact) mass is 282 g/mol. The molecule has 1 aromatic carbocycles. The van der Waals surface area contributed by atoms with Crippen molar-refractivity contribution in [3.8, 4) is 0 Å². The average Bonchev–Trinajstić information content (AvgIpc) is 2.42. The summed E-state index contributed by atoms with van der Waals surface area (Å²) in [5.74, 6) is -0.481. The Morgan fingerprint density at radius 1 is 1.21 bits per heavy atom. The molecule has 19 heavy (non-hydrogen) atoms. The zero-order valence-electron chi connectivity index (χ0n) is 10.9. The molecule has 0 aliphatic rings. The van der Waals surface area contributed by atoms with Gasteiger partial charge in [-0.05, 0) is 19.1 Å². The molecule has 0 heterocycles. The Bertz CT molecular complexity index is 423. The second-order valence-corrected chi connectivity index (χ2v) is 5.49. The number of carbonyl (C=O) groups excluding carboxylic acids is 2. The van der Waals surface area contributed by atoms with Crippen molar-refractivity contribution in [1.29, 1.82) is 0 Å². The highest BCUT2D eigenvalue weighted by molar-refractivity contribution is 8.00. The maximum atomic E-state index is 11.6. The zero-order chi connectivity index (χ0) is 14.3. The van der Waals surface area contributed by atoms with Crippen molar-refractivity contribution in [3.05, 3.63) is 35.9 Å². The Morgan fingerprint density at radius 3 is 2.42 bits per heavy atom. The number of aliphatic hydroxyl groups is 1. The van der Waals surface area contributed by atoms with Crippen molar-refractivity contribution in [2.75, 3.05) is 5.75 Å². The smallest absolute Gasteiger partial charge is 0.269 e. The van der Waals surface area contributed by atoms with Gasteiger partial charge in [0.05, 0.1) is 11.9 Å². The van der Waals surface area contributed by atoms with Crippen LogP contribution >= 0.6 is 11.8 Å². The third-order valence-corrected chi connectivity index (χ3v) is 3.86. The fourth-order valence-corrected chi connectivity index (χ4v) is 1.94. The zero-order valence-corrected chi connectivity index (χ0v) is 11.7. The van der Waals surface area contributed by atoms with Gasteiger partial charge in [-0.1, -0.05) is 25.1 Å². The van der Waals surface area contributed by atoms with E-state index in [1.807, 2.05) is 13.0 Å². The van der Waals surface area contributed by atoms with Crippen molar-refractivity contribution in [1.82, 2.24) is 10.9 Å². The molecular formula is C13H18N2O3S. The van der Waals surface area contributed by atoms with E-state index in [0.29, 0.717) is 5.56 Å². The number of carbonyl (C=O) groups is 2. The molecule has 0 aromatic heterocycles. The molecule has 1 aromatic rings. The van der Waals surface area contributed by atoms with Gasteiger partial charge in [0, 0.05) is 10.8 Å². The van der Waals surface area contributed by atoms with Crippen LogP contribution in [0.25, 0.3) is 0 Å². The largest absolute Gasteiger partial charge is 0.392 e. The highest BCUT2D eigenvalue weighted by atomic mass is 32.2. The van der Waals surface area contributed by atoms with Gasteiger partial charge in [-0.15, -0.1) is 11.8 Å². The number of rotatable bonds is 5. The van der Waals surface area contributed by atoms with Crippen LogP contribution in [-0.4, -0.2) is 34.0 Å². The Kier molecular flexibility index (Phi) is 6.38. The van der Waals surface area contributed by atoms with Crippen LogP contribution in [0.4, 0.5) is 0 Å². The summed E-state index contributed by atoms with van der Waals surface area (Å²) in [5.41, 5.74) is 5.15. The van der Waals surface area contributed by atoms with E-state index >= 15 is 0 Å². The minimum Gasteiger partial charge on any atom is -0.392 e. The molecule has 0 spiro atoms. The van der Waals surface area contributed by atoms with Crippen LogP contribution in [0.5, 0.6) is 0 Å². The first-order valence-corrected chi connectivity index (χ1v) is 6.99. The van der Waals surface area contributed by atoms with Crippen molar-refractivity contribution >= 4 is 23.6 Å². The summed E-state index contributed by atoms with van der Waals surface area (Å²) in [4.78, 5) is 23.1. The number of aliphatic hydroxyl groups excluding tert-OH is 1. The van der Waals surface area contributed by atoms with E-state index in [-0.39, 0.29) is 22.8 Å². The van der Waals surface area contributed by atoms with Gasteiger partial charge in [0.25, 0.3) is 5.91 Å². The molecule has 0 fully saturated rings. The number of hydrazine groups is 1. The van der Waals surface area contributed by atoms with E-state index in [0.717, 1.165) is 0 Å². The SMILES string of the molecule is CC(O)C(C)SCC(=O)NNC(=O)c1ccccc1. The van der Waals surface area contributed by atoms with E-state index < -0.39 is 6.10 Å². The number of amides is 2. The number of thioether (sulfide) groups is 1. The topological polar surface area (TPSA) is 78.4 Å². The number of benzene rings is 1. The summed E-state index contributed by atoms with van der Waals surface area (Å²) < 4.78 is 0. The van der Waals surface area contributed by atoms with E-state index in [2.05, 4.69) is 10.9 Å². The Balaban J connectivity index is 2.29. The third-order valence-electron chi connectivity index (χ3n) is 2.51. The summed E-state index contributed by atoms with van der Waals surface area (Å²) in [5, 5.41) is 9.25. The first kappa shape index (κ1) is 15.5. The predicted octanol–water partition coefficient (Wildman–Crippen LogP) is 0.950.